The molecule has 13 heteroatoms. The molecule has 362 valence electrons. The molecule has 0 aromatic heterocycles. The first-order valence-electron chi connectivity index (χ1n) is 24.4. The lowest BCUT2D eigenvalue weighted by molar-refractivity contribution is -0.170. The molecule has 2 aliphatic heterocycles. The second kappa shape index (κ2) is 15.3. The topological polar surface area (TPSA) is 196 Å². The minimum absolute atomic E-state index is 0.0371. The maximum atomic E-state index is 13.3. The van der Waals surface area contributed by atoms with Crippen LogP contribution in [0.3, 0.4) is 0 Å². The van der Waals surface area contributed by atoms with Gasteiger partial charge in [-0.25, -0.2) is 4.79 Å². The normalized spacial score (nSPS) is 45.7. The molecule has 0 amide bonds. The number of aliphatic hydroxyl groups is 2. The Balaban J connectivity index is 0.000000163. The largest absolute Gasteiger partial charge is 0.458 e. The molecule has 11 rings (SSSR count). The monoisotopic (exact) mass is 932 g/mol. The van der Waals surface area contributed by atoms with E-state index in [2.05, 4.69) is 26.0 Å². The van der Waals surface area contributed by atoms with E-state index in [1.807, 2.05) is 52.0 Å². The van der Waals surface area contributed by atoms with Crippen LogP contribution in [0.15, 0.2) is 89.8 Å². The van der Waals surface area contributed by atoms with Crippen molar-refractivity contribution in [2.75, 3.05) is 13.2 Å². The number of esters is 3. The first-order chi connectivity index (χ1) is 32.0. The Labute approximate surface area is 397 Å². The quantitative estimate of drug-likeness (QED) is 0.156. The standard InChI is InChI=1S/C31H34O7.C24H30O6/c1-18-14-24-23-11-10-21-15-22(37-27(34)20-8-6-5-7-9-20)12-13-28(21,3)31(23)26(38-31)16-29(24,4)30(18,35)25(33)17-36-19(2)32;1-13-9-18-17-6-5-15-10-16(26)7-8-21(15,3)24(17)20(30-24)11-22(18,4)23(13,28)19(27)12-29-14(2)25/h5-10,12-13,15,18,23-24,26,35H,11,14,16-17H2,1-4H3;7-8,10,13,17-18,20,28H,5-6,9,11-12H2,1-4H3/t18-,23?,24?,26+,28+,29+,30+,31-;13-,17?,18?,20+,21+,22+,23+,24-/m11/s1. The molecule has 2 heterocycles. The number of ether oxygens (including phenoxy) is 5. The predicted molar refractivity (Wildman–Crippen MR) is 245 cm³/mol. The van der Waals surface area contributed by atoms with Crippen LogP contribution >= 0.6 is 0 Å². The van der Waals surface area contributed by atoms with Crippen LogP contribution in [0.4, 0.5) is 0 Å². The lowest BCUT2D eigenvalue weighted by Gasteiger charge is -2.55. The van der Waals surface area contributed by atoms with Gasteiger partial charge in [-0.3, -0.25) is 24.0 Å². The number of rotatable bonds is 8. The molecule has 2 saturated heterocycles. The van der Waals surface area contributed by atoms with Crippen LogP contribution in [-0.4, -0.2) is 93.3 Å². The SMILES string of the molecule is CC(=O)OCC(=O)[C@@]1(O)[C@H](C)CC2C3CC=C4C=C(OC(=O)c5ccccc5)C=C[C@]4(C)[C@@]34O[C@H]4C[C@@]21C.CC(=O)OCC(=O)[C@@]1(O)[C@H](C)CC2C3CCC4=CC(=O)C=C[C@]4(C)[C@@]34O[C@H]4C[C@@]21C. The predicted octanol–water partition coefficient (Wildman–Crippen LogP) is 6.85. The van der Waals surface area contributed by atoms with Gasteiger partial charge in [-0.15, -0.1) is 0 Å². The third kappa shape index (κ3) is 6.06. The van der Waals surface area contributed by atoms with E-state index in [0.717, 1.165) is 36.8 Å². The number of hydrogen-bond donors (Lipinski definition) is 2. The van der Waals surface area contributed by atoms with Gasteiger partial charge in [0, 0.05) is 35.5 Å². The zero-order chi connectivity index (χ0) is 48.8. The molecule has 0 bridgehead atoms. The van der Waals surface area contributed by atoms with Gasteiger partial charge in [-0.1, -0.05) is 69.7 Å². The van der Waals surface area contributed by atoms with Gasteiger partial charge in [0.15, 0.2) is 19.0 Å². The van der Waals surface area contributed by atoms with Crippen LogP contribution in [0.5, 0.6) is 0 Å². The van der Waals surface area contributed by atoms with Crippen molar-refractivity contribution >= 4 is 35.3 Å². The summed E-state index contributed by atoms with van der Waals surface area (Å²) in [6, 6.07) is 8.92. The molecule has 0 radical (unpaired) electrons. The summed E-state index contributed by atoms with van der Waals surface area (Å²) in [4.78, 5) is 73.6. The molecule has 13 nitrogen and oxygen atoms in total. The van der Waals surface area contributed by atoms with Crippen LogP contribution in [-0.2, 0) is 47.7 Å². The summed E-state index contributed by atoms with van der Waals surface area (Å²) in [6.07, 6.45) is 18.4. The van der Waals surface area contributed by atoms with Crippen LogP contribution in [0.2, 0.25) is 0 Å². The van der Waals surface area contributed by atoms with Crippen molar-refractivity contribution in [1.29, 1.82) is 0 Å². The van der Waals surface area contributed by atoms with Gasteiger partial charge in [-0.05, 0) is 136 Å². The van der Waals surface area contributed by atoms with Crippen molar-refractivity contribution in [2.45, 2.75) is 135 Å². The van der Waals surface area contributed by atoms with Crippen molar-refractivity contribution in [3.63, 3.8) is 0 Å². The lowest BCUT2D eigenvalue weighted by Crippen LogP contribution is -2.62. The molecule has 16 atom stereocenters. The zero-order valence-electron chi connectivity index (χ0n) is 40.3. The lowest BCUT2D eigenvalue weighted by atomic mass is 9.46. The van der Waals surface area contributed by atoms with Crippen molar-refractivity contribution in [3.05, 3.63) is 95.3 Å². The van der Waals surface area contributed by atoms with Gasteiger partial charge in [-0.2, -0.15) is 0 Å². The number of hydrogen-bond acceptors (Lipinski definition) is 13. The molecular weight excluding hydrogens is 869 g/mol. The van der Waals surface area contributed by atoms with E-state index in [0.29, 0.717) is 30.6 Å². The Hall–Kier alpha value is -4.82. The van der Waals surface area contributed by atoms with Crippen molar-refractivity contribution in [2.24, 2.45) is 57.2 Å². The average Bonchev–Trinajstić information content (AvgIpc) is 4.19. The molecule has 5 saturated carbocycles. The fourth-order valence-electron chi connectivity index (χ4n) is 16.3. The second-order valence-corrected chi connectivity index (χ2v) is 22.6. The van der Waals surface area contributed by atoms with Gasteiger partial charge in [0.25, 0.3) is 0 Å². The van der Waals surface area contributed by atoms with E-state index < -0.39 is 75.7 Å². The van der Waals surface area contributed by atoms with E-state index in [1.165, 1.54) is 13.8 Å². The minimum atomic E-state index is -1.59. The number of epoxide rings is 2. The summed E-state index contributed by atoms with van der Waals surface area (Å²) in [5.74, 6) is -1.74. The summed E-state index contributed by atoms with van der Waals surface area (Å²) in [5.41, 5.74) is -3.29. The summed E-state index contributed by atoms with van der Waals surface area (Å²) in [5, 5.41) is 23.7. The van der Waals surface area contributed by atoms with Crippen LogP contribution < -0.4 is 0 Å². The highest BCUT2D eigenvalue weighted by Crippen LogP contribution is 2.78. The molecular formula is C55H64O13. The van der Waals surface area contributed by atoms with Crippen molar-refractivity contribution in [3.8, 4) is 0 Å². The van der Waals surface area contributed by atoms with E-state index >= 15 is 0 Å². The highest BCUT2D eigenvalue weighted by molar-refractivity contribution is 6.01. The second-order valence-electron chi connectivity index (χ2n) is 22.6. The first kappa shape index (κ1) is 46.9. The highest BCUT2D eigenvalue weighted by Gasteiger charge is 2.83. The number of Topliss-reactive ketones (excluding diaryl/α,β-unsaturated/α-hetero) is 2. The summed E-state index contributed by atoms with van der Waals surface area (Å²) >= 11 is 0. The molecule has 7 fully saturated rings. The van der Waals surface area contributed by atoms with Crippen molar-refractivity contribution < 1.29 is 62.7 Å². The smallest absolute Gasteiger partial charge is 0.343 e. The van der Waals surface area contributed by atoms with Crippen molar-refractivity contribution in [1.82, 2.24) is 0 Å². The Morgan fingerprint density at radius 2 is 1.24 bits per heavy atom. The van der Waals surface area contributed by atoms with E-state index in [-0.39, 0.29) is 64.5 Å². The number of benzene rings is 1. The summed E-state index contributed by atoms with van der Waals surface area (Å²) < 4.78 is 28.7. The molecule has 1 aromatic rings. The Morgan fingerprint density at radius 3 is 1.79 bits per heavy atom. The summed E-state index contributed by atoms with van der Waals surface area (Å²) in [7, 11) is 0. The van der Waals surface area contributed by atoms with Gasteiger partial charge in [0.2, 0.25) is 11.6 Å². The molecule has 4 unspecified atom stereocenters. The fourth-order valence-corrected chi connectivity index (χ4v) is 16.3. The number of fused-ring (bicyclic) bond motifs is 6. The van der Waals surface area contributed by atoms with Crippen LogP contribution in [0, 0.1) is 57.2 Å². The highest BCUT2D eigenvalue weighted by atomic mass is 16.6. The van der Waals surface area contributed by atoms with Gasteiger partial charge in [0.05, 0.1) is 17.8 Å². The number of allylic oxidation sites excluding steroid dienone is 5. The Kier molecular flexibility index (Phi) is 10.6. The molecule has 10 aliphatic rings. The Bertz CT molecular complexity index is 2570. The van der Waals surface area contributed by atoms with E-state index in [9.17, 15) is 39.0 Å². The van der Waals surface area contributed by atoms with E-state index in [4.69, 9.17) is 23.7 Å². The maximum Gasteiger partial charge on any atom is 0.343 e. The molecule has 2 spiro atoms. The van der Waals surface area contributed by atoms with Crippen LogP contribution in [0.25, 0.3) is 0 Å². The average molecular weight is 933 g/mol. The Morgan fingerprint density at radius 1 is 0.706 bits per heavy atom. The third-order valence-corrected chi connectivity index (χ3v) is 19.7. The molecule has 2 N–H and O–H groups in total. The van der Waals surface area contributed by atoms with Gasteiger partial charge < -0.3 is 33.9 Å². The molecule has 1 aromatic carbocycles. The zero-order valence-corrected chi connectivity index (χ0v) is 40.3. The van der Waals surface area contributed by atoms with Gasteiger partial charge in [0.1, 0.15) is 28.2 Å². The minimum Gasteiger partial charge on any atom is -0.458 e. The first-order valence-corrected chi connectivity index (χ1v) is 24.4. The molecule has 68 heavy (non-hydrogen) atoms. The summed E-state index contributed by atoms with van der Waals surface area (Å²) in [6.45, 7) is 14.0. The number of ketones is 3. The third-order valence-electron chi connectivity index (χ3n) is 19.7. The fraction of sp³-hybridized carbons (Fsp3) is 0.600. The molecule has 8 aliphatic carbocycles. The van der Waals surface area contributed by atoms with E-state index in [1.54, 1.807) is 36.4 Å². The number of carbonyl (C=O) groups is 6. The maximum absolute atomic E-state index is 13.3. The van der Waals surface area contributed by atoms with Crippen LogP contribution in [0.1, 0.15) is 111 Å². The van der Waals surface area contributed by atoms with Gasteiger partial charge >= 0.3 is 17.9 Å². The number of carbonyl (C=O) groups excluding carboxylic acids is 6.